The average molecular weight is 297 g/mol. The summed E-state index contributed by atoms with van der Waals surface area (Å²) in [6, 6.07) is 8.46. The first-order chi connectivity index (χ1) is 10.6. The smallest absolute Gasteiger partial charge is 0.160 e. The van der Waals surface area contributed by atoms with Crippen molar-refractivity contribution < 1.29 is 4.79 Å². The van der Waals surface area contributed by atoms with Crippen molar-refractivity contribution in [3.8, 4) is 0 Å². The SMILES string of the molecule is CC1(C)Cc2ccccc2/C(=C/C(=O)C2CCCCCC2)N1. The third kappa shape index (κ3) is 3.43. The van der Waals surface area contributed by atoms with Crippen LogP contribution in [0.5, 0.6) is 0 Å². The molecule has 3 rings (SSSR count). The number of hydrogen-bond acceptors (Lipinski definition) is 2. The molecular formula is C20H27NO. The van der Waals surface area contributed by atoms with Gasteiger partial charge in [-0.2, -0.15) is 0 Å². The number of hydrogen-bond donors (Lipinski definition) is 1. The maximum absolute atomic E-state index is 12.7. The van der Waals surface area contributed by atoms with E-state index >= 15 is 0 Å². The zero-order chi connectivity index (χ0) is 15.6. The van der Waals surface area contributed by atoms with Crippen molar-refractivity contribution in [2.24, 2.45) is 5.92 Å². The van der Waals surface area contributed by atoms with Crippen LogP contribution in [-0.4, -0.2) is 11.3 Å². The van der Waals surface area contributed by atoms with Gasteiger partial charge in [-0.3, -0.25) is 4.79 Å². The molecule has 0 aromatic heterocycles. The van der Waals surface area contributed by atoms with Crippen molar-refractivity contribution in [2.75, 3.05) is 0 Å². The first kappa shape index (κ1) is 15.3. The molecule has 1 fully saturated rings. The normalized spacial score (nSPS) is 23.5. The number of carbonyl (C=O) groups excluding carboxylic acids is 1. The Balaban J connectivity index is 1.87. The van der Waals surface area contributed by atoms with E-state index in [2.05, 4.69) is 43.4 Å². The molecule has 2 nitrogen and oxygen atoms in total. The highest BCUT2D eigenvalue weighted by Crippen LogP contribution is 2.31. The van der Waals surface area contributed by atoms with E-state index in [1.54, 1.807) is 0 Å². The van der Waals surface area contributed by atoms with Gasteiger partial charge in [0.25, 0.3) is 0 Å². The first-order valence-electron chi connectivity index (χ1n) is 8.67. The molecule has 118 valence electrons. The Morgan fingerprint density at radius 1 is 1.14 bits per heavy atom. The molecule has 1 N–H and O–H groups in total. The van der Waals surface area contributed by atoms with Gasteiger partial charge < -0.3 is 5.32 Å². The number of rotatable bonds is 2. The van der Waals surface area contributed by atoms with Gasteiger partial charge in [0.1, 0.15) is 0 Å². The number of ketones is 1. The van der Waals surface area contributed by atoms with Crippen LogP contribution in [0.25, 0.3) is 5.70 Å². The van der Waals surface area contributed by atoms with E-state index < -0.39 is 0 Å². The fourth-order valence-electron chi connectivity index (χ4n) is 3.83. The summed E-state index contributed by atoms with van der Waals surface area (Å²) in [6.45, 7) is 4.40. The van der Waals surface area contributed by atoms with E-state index in [9.17, 15) is 4.79 Å². The van der Waals surface area contributed by atoms with E-state index in [1.807, 2.05) is 6.08 Å². The van der Waals surface area contributed by atoms with Crippen LogP contribution in [0.4, 0.5) is 0 Å². The maximum Gasteiger partial charge on any atom is 0.160 e. The van der Waals surface area contributed by atoms with Gasteiger partial charge in [-0.15, -0.1) is 0 Å². The molecule has 2 heteroatoms. The average Bonchev–Trinajstić information content (AvgIpc) is 2.75. The van der Waals surface area contributed by atoms with Crippen LogP contribution in [0.2, 0.25) is 0 Å². The molecule has 1 aliphatic heterocycles. The van der Waals surface area contributed by atoms with Gasteiger partial charge in [0.15, 0.2) is 5.78 Å². The highest BCUT2D eigenvalue weighted by molar-refractivity contribution is 5.98. The van der Waals surface area contributed by atoms with Crippen molar-refractivity contribution in [1.29, 1.82) is 0 Å². The van der Waals surface area contributed by atoms with Crippen molar-refractivity contribution in [1.82, 2.24) is 5.32 Å². The molecule has 1 aromatic rings. The molecule has 22 heavy (non-hydrogen) atoms. The fraction of sp³-hybridized carbons (Fsp3) is 0.550. The molecule has 1 aromatic carbocycles. The summed E-state index contributed by atoms with van der Waals surface area (Å²) in [5.74, 6) is 0.547. The first-order valence-corrected chi connectivity index (χ1v) is 8.67. The van der Waals surface area contributed by atoms with Crippen molar-refractivity contribution in [3.05, 3.63) is 41.5 Å². The molecule has 1 heterocycles. The van der Waals surface area contributed by atoms with Gasteiger partial charge in [0, 0.05) is 28.8 Å². The molecular weight excluding hydrogens is 270 g/mol. The number of nitrogens with one attached hydrogen (secondary N) is 1. The van der Waals surface area contributed by atoms with Crippen LogP contribution in [0.15, 0.2) is 30.3 Å². The lowest BCUT2D eigenvalue weighted by Crippen LogP contribution is -2.44. The minimum atomic E-state index is 0.00389. The Morgan fingerprint density at radius 3 is 2.55 bits per heavy atom. The Bertz CT molecular complexity index is 577. The predicted molar refractivity (Wildman–Crippen MR) is 91.5 cm³/mol. The summed E-state index contributed by atoms with van der Waals surface area (Å²) < 4.78 is 0. The zero-order valence-electron chi connectivity index (χ0n) is 13.8. The van der Waals surface area contributed by atoms with E-state index in [1.165, 1.54) is 36.8 Å². The Hall–Kier alpha value is -1.57. The Kier molecular flexibility index (Phi) is 4.37. The topological polar surface area (TPSA) is 29.1 Å². The summed E-state index contributed by atoms with van der Waals surface area (Å²) in [7, 11) is 0. The number of allylic oxidation sites excluding steroid dienone is 1. The van der Waals surface area contributed by atoms with Crippen LogP contribution in [0.3, 0.4) is 0 Å². The van der Waals surface area contributed by atoms with E-state index in [4.69, 9.17) is 0 Å². The van der Waals surface area contributed by atoms with E-state index in [0.29, 0.717) is 5.78 Å². The largest absolute Gasteiger partial charge is 0.379 e. The summed E-state index contributed by atoms with van der Waals surface area (Å²) in [4.78, 5) is 12.7. The van der Waals surface area contributed by atoms with Gasteiger partial charge in [-0.05, 0) is 38.7 Å². The van der Waals surface area contributed by atoms with Crippen LogP contribution >= 0.6 is 0 Å². The molecule has 0 unspecified atom stereocenters. The number of fused-ring (bicyclic) bond motifs is 1. The summed E-state index contributed by atoms with van der Waals surface area (Å²) in [6.07, 6.45) is 9.99. The minimum Gasteiger partial charge on any atom is -0.379 e. The summed E-state index contributed by atoms with van der Waals surface area (Å²) in [5.41, 5.74) is 3.56. The second-order valence-electron chi connectivity index (χ2n) is 7.49. The lowest BCUT2D eigenvalue weighted by atomic mass is 9.85. The molecule has 1 aliphatic carbocycles. The molecule has 0 amide bonds. The maximum atomic E-state index is 12.7. The van der Waals surface area contributed by atoms with Crippen molar-refractivity contribution in [2.45, 2.75) is 64.3 Å². The second-order valence-corrected chi connectivity index (χ2v) is 7.49. The Labute approximate surface area is 134 Å². The van der Waals surface area contributed by atoms with Gasteiger partial charge in [-0.1, -0.05) is 49.9 Å². The molecule has 0 spiro atoms. The van der Waals surface area contributed by atoms with Crippen LogP contribution in [0, 0.1) is 5.92 Å². The van der Waals surface area contributed by atoms with Crippen LogP contribution in [0.1, 0.15) is 63.5 Å². The molecule has 0 atom stereocenters. The zero-order valence-corrected chi connectivity index (χ0v) is 13.8. The molecule has 2 aliphatic rings. The fourth-order valence-corrected chi connectivity index (χ4v) is 3.83. The standard InChI is InChI=1S/C20H27NO/c1-20(2)14-16-11-7-8-12-17(16)18(21-20)13-19(22)15-9-5-3-4-6-10-15/h7-8,11-13,15,21H,3-6,9-10,14H2,1-2H3/b18-13-. The minimum absolute atomic E-state index is 0.00389. The quantitative estimate of drug-likeness (QED) is 0.643. The van der Waals surface area contributed by atoms with Crippen LogP contribution in [-0.2, 0) is 11.2 Å². The molecule has 0 saturated heterocycles. The van der Waals surface area contributed by atoms with E-state index in [-0.39, 0.29) is 11.5 Å². The summed E-state index contributed by atoms with van der Waals surface area (Å²) in [5, 5.41) is 3.57. The van der Waals surface area contributed by atoms with Gasteiger partial charge in [-0.25, -0.2) is 0 Å². The predicted octanol–water partition coefficient (Wildman–Crippen LogP) is 4.49. The van der Waals surface area contributed by atoms with Gasteiger partial charge in [0.05, 0.1) is 0 Å². The van der Waals surface area contributed by atoms with E-state index in [0.717, 1.165) is 25.0 Å². The number of carbonyl (C=O) groups is 1. The van der Waals surface area contributed by atoms with Crippen LogP contribution < -0.4 is 5.32 Å². The third-order valence-corrected chi connectivity index (χ3v) is 4.96. The molecule has 0 radical (unpaired) electrons. The van der Waals surface area contributed by atoms with Gasteiger partial charge in [0.2, 0.25) is 0 Å². The molecule has 1 saturated carbocycles. The molecule has 0 bridgehead atoms. The van der Waals surface area contributed by atoms with Crippen molar-refractivity contribution in [3.63, 3.8) is 0 Å². The lowest BCUT2D eigenvalue weighted by Gasteiger charge is -2.35. The third-order valence-electron chi connectivity index (χ3n) is 4.96. The van der Waals surface area contributed by atoms with Gasteiger partial charge >= 0.3 is 0 Å². The number of benzene rings is 1. The highest BCUT2D eigenvalue weighted by atomic mass is 16.1. The summed E-state index contributed by atoms with van der Waals surface area (Å²) >= 11 is 0. The monoisotopic (exact) mass is 297 g/mol. The lowest BCUT2D eigenvalue weighted by molar-refractivity contribution is -0.118. The second kappa shape index (κ2) is 6.28. The van der Waals surface area contributed by atoms with Crippen molar-refractivity contribution >= 4 is 11.5 Å². The Morgan fingerprint density at radius 2 is 1.82 bits per heavy atom. The highest BCUT2D eigenvalue weighted by Gasteiger charge is 2.28.